The van der Waals surface area contributed by atoms with Gasteiger partial charge in [0.2, 0.25) is 17.6 Å². The van der Waals surface area contributed by atoms with E-state index in [9.17, 15) is 29.7 Å². The number of carbonyl (C=O) groups excluding carboxylic acids is 2. The van der Waals surface area contributed by atoms with Gasteiger partial charge in [0.25, 0.3) is 11.1 Å². The van der Waals surface area contributed by atoms with Crippen molar-refractivity contribution in [1.82, 2.24) is 30.6 Å². The van der Waals surface area contributed by atoms with E-state index in [2.05, 4.69) is 59.9 Å². The molecule has 2 atom stereocenters. The molecule has 56 heavy (non-hydrogen) atoms. The molecule has 16 heteroatoms. The van der Waals surface area contributed by atoms with E-state index < -0.39 is 12.1 Å². The highest BCUT2D eigenvalue weighted by molar-refractivity contribution is 5.87. The molecule has 3 rings (SSSR count). The number of H-pyrrole nitrogens is 2. The second-order valence-corrected chi connectivity index (χ2v) is 13.2. The minimum Gasteiger partial charge on any atom is -0.370 e. The molecule has 0 radical (unpaired) electrons. The molecule has 3 aromatic rings. The fraction of sp³-hybridized carbons (Fsp3) is 0.475. The largest absolute Gasteiger partial charge is 0.370 e. The zero-order chi connectivity index (χ0) is 40.9. The summed E-state index contributed by atoms with van der Waals surface area (Å²) in [6.07, 6.45) is 7.98. The first-order valence-electron chi connectivity index (χ1n) is 19.2. The lowest BCUT2D eigenvalue weighted by atomic mass is 9.96. The summed E-state index contributed by atoms with van der Waals surface area (Å²) in [5.41, 5.74) is 1.38. The molecule has 0 saturated carbocycles. The number of carbonyl (C=O) groups is 2. The van der Waals surface area contributed by atoms with E-state index in [1.165, 1.54) is 12.1 Å². The smallest absolute Gasteiger partial charge is 0.321 e. The molecular weight excluding hydrogens is 713 g/mol. The van der Waals surface area contributed by atoms with Gasteiger partial charge in [-0.1, -0.05) is 65.5 Å². The van der Waals surface area contributed by atoms with Crippen molar-refractivity contribution in [2.24, 2.45) is 0 Å². The minimum absolute atomic E-state index is 0.0551. The average Bonchev–Trinajstić information content (AvgIpc) is 3.18. The molecule has 4 amide bonds. The van der Waals surface area contributed by atoms with Crippen molar-refractivity contribution < 1.29 is 9.59 Å². The predicted molar refractivity (Wildman–Crippen MR) is 217 cm³/mol. The molecule has 296 valence electrons. The molecule has 0 bridgehead atoms. The zero-order valence-electron chi connectivity index (χ0n) is 32.6. The number of hydrogen-bond donors (Lipinski definition) is 6. The van der Waals surface area contributed by atoms with Crippen LogP contribution in [0.25, 0.3) is 10.5 Å². The Labute approximate surface area is 327 Å². The number of anilines is 3. The van der Waals surface area contributed by atoms with E-state index in [0.717, 1.165) is 57.1 Å². The van der Waals surface area contributed by atoms with Gasteiger partial charge in [0, 0.05) is 55.8 Å². The zero-order valence-corrected chi connectivity index (χ0v) is 32.6. The van der Waals surface area contributed by atoms with Gasteiger partial charge in [-0.25, -0.2) is 24.4 Å². The van der Waals surface area contributed by atoms with Crippen LogP contribution >= 0.6 is 0 Å². The summed E-state index contributed by atoms with van der Waals surface area (Å²) in [5.74, 6) is 0.352. The molecule has 2 aromatic heterocycles. The molecule has 2 heterocycles. The molecule has 0 spiro atoms. The van der Waals surface area contributed by atoms with Crippen molar-refractivity contribution in [2.45, 2.75) is 97.3 Å². The fourth-order valence-corrected chi connectivity index (χ4v) is 6.19. The lowest BCUT2D eigenvalue weighted by molar-refractivity contribution is 0.251. The van der Waals surface area contributed by atoms with Crippen LogP contribution in [0.4, 0.5) is 27.2 Å². The van der Waals surface area contributed by atoms with Gasteiger partial charge in [0.05, 0.1) is 30.1 Å². The Morgan fingerprint density at radius 1 is 0.786 bits per heavy atom. The van der Waals surface area contributed by atoms with Gasteiger partial charge in [0.15, 0.2) is 0 Å². The molecule has 6 N–H and O–H groups in total. The lowest BCUT2D eigenvalue weighted by Gasteiger charge is -2.25. The molecule has 2 unspecified atom stereocenters. The van der Waals surface area contributed by atoms with Crippen LogP contribution < -0.4 is 37.3 Å². The van der Waals surface area contributed by atoms with Gasteiger partial charge >= 0.3 is 12.1 Å². The maximum absolute atomic E-state index is 12.9. The molecular formula is C40H52N12O4. The number of benzene rings is 1. The van der Waals surface area contributed by atoms with Crippen LogP contribution in [0.15, 0.2) is 51.6 Å². The summed E-state index contributed by atoms with van der Waals surface area (Å²) in [6, 6.07) is 12.2. The fourth-order valence-electron chi connectivity index (χ4n) is 6.19. The van der Waals surface area contributed by atoms with E-state index in [-0.39, 0.29) is 59.2 Å². The van der Waals surface area contributed by atoms with Crippen molar-refractivity contribution in [3.63, 3.8) is 0 Å². The number of nitrogens with one attached hydrogen (secondary N) is 6. The second kappa shape index (κ2) is 23.3. The number of rotatable bonds is 21. The van der Waals surface area contributed by atoms with Gasteiger partial charge in [-0.05, 0) is 49.8 Å². The Morgan fingerprint density at radius 2 is 1.29 bits per heavy atom. The molecule has 1 aromatic carbocycles. The second-order valence-electron chi connectivity index (χ2n) is 13.2. The number of urea groups is 2. The molecule has 0 aliphatic carbocycles. The molecule has 16 nitrogen and oxygen atoms in total. The van der Waals surface area contributed by atoms with Gasteiger partial charge < -0.3 is 15.5 Å². The monoisotopic (exact) mass is 764 g/mol. The SMILES string of the molecule is [C-]#[N+]C(=C(C#N)C#N)c1ccc(N(CCCNC(=O)Nc2nc(C(CC)CCCC)cc(=O)[nH]2)CCNC(=O)Nc2nc(C(CC)CCCC)cc(=O)[nH]2)cc1. The topological polar surface area (TPSA) is 229 Å². The highest BCUT2D eigenvalue weighted by atomic mass is 16.2. The van der Waals surface area contributed by atoms with Crippen molar-refractivity contribution in [3.05, 3.63) is 91.0 Å². The minimum atomic E-state index is -0.556. The summed E-state index contributed by atoms with van der Waals surface area (Å²) in [7, 11) is 0. The van der Waals surface area contributed by atoms with E-state index in [4.69, 9.17) is 6.57 Å². The summed E-state index contributed by atoms with van der Waals surface area (Å²) >= 11 is 0. The summed E-state index contributed by atoms with van der Waals surface area (Å²) < 4.78 is 0. The first-order chi connectivity index (χ1) is 27.1. The van der Waals surface area contributed by atoms with Gasteiger partial charge in [0.1, 0.15) is 5.57 Å². The van der Waals surface area contributed by atoms with E-state index in [1.54, 1.807) is 36.4 Å². The quantitative estimate of drug-likeness (QED) is 0.0383. The van der Waals surface area contributed by atoms with Crippen molar-refractivity contribution >= 4 is 35.3 Å². The van der Waals surface area contributed by atoms with Crippen LogP contribution in [-0.2, 0) is 0 Å². The average molecular weight is 765 g/mol. The Bertz CT molecular complexity index is 2020. The number of nitriles is 2. The van der Waals surface area contributed by atoms with E-state index >= 15 is 0 Å². The van der Waals surface area contributed by atoms with Crippen molar-refractivity contribution in [3.8, 4) is 12.1 Å². The maximum Gasteiger partial charge on any atom is 0.321 e. The Hall–Kier alpha value is -6.47. The van der Waals surface area contributed by atoms with Crippen LogP contribution in [0, 0.1) is 29.2 Å². The van der Waals surface area contributed by atoms with Gasteiger partial charge in [-0.15, -0.1) is 0 Å². The highest BCUT2D eigenvalue weighted by Crippen LogP contribution is 2.26. The number of allylic oxidation sites excluding steroid dienone is 1. The highest BCUT2D eigenvalue weighted by Gasteiger charge is 2.17. The molecule has 0 aliphatic heterocycles. The number of nitrogens with zero attached hydrogens (tertiary/aromatic N) is 6. The standard InChI is InChI=1S/C40H52N12O4/c1-6-10-13-27(8-3)32-23-34(53)48-37(46-32)50-39(55)44-19-12-21-52(31-17-15-29(16-18-31)36(43-5)30(25-41)26-42)22-20-45-40(56)51-38-47-33(24-35(54)49-38)28(9-4)14-11-7-2/h15-18,23-24,27-28H,6-14,19-22H2,1-4H3,(H3,44,46,48,50,53,55)(H3,45,47,49,51,54,56). The predicted octanol–water partition coefficient (Wildman–Crippen LogP) is 6.74. The molecule has 0 aliphatic rings. The number of amides is 4. The summed E-state index contributed by atoms with van der Waals surface area (Å²) in [6.45, 7) is 17.0. The van der Waals surface area contributed by atoms with Crippen LogP contribution in [0.2, 0.25) is 0 Å². The van der Waals surface area contributed by atoms with Crippen LogP contribution in [0.5, 0.6) is 0 Å². The third kappa shape index (κ3) is 13.7. The van der Waals surface area contributed by atoms with Crippen molar-refractivity contribution in [1.29, 1.82) is 10.5 Å². The Balaban J connectivity index is 1.68. The third-order valence-electron chi connectivity index (χ3n) is 9.26. The Kier molecular flexibility index (Phi) is 18.3. The van der Waals surface area contributed by atoms with Gasteiger partial charge in [-0.2, -0.15) is 10.5 Å². The number of aromatic nitrogens is 4. The van der Waals surface area contributed by atoms with E-state index in [1.807, 2.05) is 18.7 Å². The maximum atomic E-state index is 12.9. The normalized spacial score (nSPS) is 11.5. The first-order valence-corrected chi connectivity index (χ1v) is 19.2. The summed E-state index contributed by atoms with van der Waals surface area (Å²) in [4.78, 5) is 69.9. The van der Waals surface area contributed by atoms with Crippen molar-refractivity contribution in [2.75, 3.05) is 41.7 Å². The first kappa shape index (κ1) is 43.9. The van der Waals surface area contributed by atoms with Crippen LogP contribution in [0.1, 0.15) is 114 Å². The number of aromatic amines is 2. The number of unbranched alkanes of at least 4 members (excludes halogenated alkanes) is 2. The van der Waals surface area contributed by atoms with Gasteiger partial charge in [-0.3, -0.25) is 30.2 Å². The molecule has 0 saturated heterocycles. The lowest BCUT2D eigenvalue weighted by Crippen LogP contribution is -2.39. The van der Waals surface area contributed by atoms with E-state index in [0.29, 0.717) is 36.5 Å². The third-order valence-corrected chi connectivity index (χ3v) is 9.26. The number of hydrogen-bond acceptors (Lipinski definition) is 9. The Morgan fingerprint density at radius 3 is 1.73 bits per heavy atom. The molecule has 0 fully saturated rings. The van der Waals surface area contributed by atoms with Crippen LogP contribution in [-0.4, -0.2) is 58.2 Å². The van der Waals surface area contributed by atoms with Crippen LogP contribution in [0.3, 0.4) is 0 Å². The summed E-state index contributed by atoms with van der Waals surface area (Å²) in [5, 5.41) is 29.4.